The molecule has 0 fully saturated rings. The highest BCUT2D eigenvalue weighted by Crippen LogP contribution is 2.16. The normalized spacial score (nSPS) is 12.4. The van der Waals surface area contributed by atoms with Crippen molar-refractivity contribution in [3.05, 3.63) is 59.4 Å². The summed E-state index contributed by atoms with van der Waals surface area (Å²) in [6.45, 7) is 2.21. The van der Waals surface area contributed by atoms with Gasteiger partial charge < -0.3 is 10.6 Å². The molecule has 0 saturated carbocycles. The average molecular weight is 433 g/mol. The Kier molecular flexibility index (Phi) is 9.14. The number of benzene rings is 1. The molecule has 0 radical (unpaired) electrons. The zero-order valence-corrected chi connectivity index (χ0v) is 16.9. The second kappa shape index (κ2) is 10.6. The summed E-state index contributed by atoms with van der Waals surface area (Å²) in [6.07, 6.45) is 2.85. The van der Waals surface area contributed by atoms with Crippen LogP contribution < -0.4 is 15.4 Å². The largest absolute Gasteiger partial charge is 0.352 e. The number of aromatic nitrogens is 1. The lowest BCUT2D eigenvalue weighted by atomic mass is 10.1. The average Bonchev–Trinajstić information content (AvgIpc) is 3.08. The van der Waals surface area contributed by atoms with Gasteiger partial charge in [0.1, 0.15) is 4.90 Å². The van der Waals surface area contributed by atoms with Crippen LogP contribution in [0, 0.1) is 0 Å². The second-order valence-electron chi connectivity index (χ2n) is 5.82. The fourth-order valence-corrected chi connectivity index (χ4v) is 3.63. The summed E-state index contributed by atoms with van der Waals surface area (Å²) in [4.78, 5) is 15.8. The summed E-state index contributed by atoms with van der Waals surface area (Å²) >= 11 is 0. The molecule has 1 amide bonds. The van der Waals surface area contributed by atoms with Gasteiger partial charge in [0, 0.05) is 45.0 Å². The third kappa shape index (κ3) is 6.44. The predicted octanol–water partition coefficient (Wildman–Crippen LogP) is 1.51. The molecule has 2 aromatic rings. The van der Waals surface area contributed by atoms with Gasteiger partial charge in [0.25, 0.3) is 0 Å². The molecular formula is C17H22Cl2N4O3S. The minimum absolute atomic E-state index is 0. The molecule has 0 spiro atoms. The lowest BCUT2D eigenvalue weighted by Crippen LogP contribution is -2.30. The van der Waals surface area contributed by atoms with Gasteiger partial charge in [-0.1, -0.05) is 18.2 Å². The Morgan fingerprint density at radius 3 is 2.67 bits per heavy atom. The van der Waals surface area contributed by atoms with Crippen LogP contribution in [-0.2, 0) is 34.5 Å². The number of amides is 1. The third-order valence-electron chi connectivity index (χ3n) is 3.98. The van der Waals surface area contributed by atoms with Gasteiger partial charge in [-0.2, -0.15) is 0 Å². The van der Waals surface area contributed by atoms with Gasteiger partial charge in [-0.25, -0.2) is 13.1 Å². The first-order chi connectivity index (χ1) is 12.0. The molecule has 148 valence electrons. The van der Waals surface area contributed by atoms with E-state index in [1.807, 2.05) is 6.07 Å². The molecule has 1 aliphatic rings. The number of carbonyl (C=O) groups excluding carboxylic acids is 1. The SMILES string of the molecule is Cl.Cl.O=C(CCNS(=O)(=O)c1cccnc1)NCc1ccc2c(c1)CNC2. The van der Waals surface area contributed by atoms with E-state index in [-0.39, 0.29) is 48.6 Å². The molecular weight excluding hydrogens is 411 g/mol. The molecule has 27 heavy (non-hydrogen) atoms. The maximum Gasteiger partial charge on any atom is 0.242 e. The Labute approximate surface area is 171 Å². The van der Waals surface area contributed by atoms with Crippen LogP contribution in [0.1, 0.15) is 23.1 Å². The Hall–Kier alpha value is -1.71. The molecule has 0 bridgehead atoms. The van der Waals surface area contributed by atoms with Crippen LogP contribution in [0.5, 0.6) is 0 Å². The first-order valence-corrected chi connectivity index (χ1v) is 9.51. The molecule has 1 aromatic heterocycles. The van der Waals surface area contributed by atoms with E-state index in [0.29, 0.717) is 6.54 Å². The van der Waals surface area contributed by atoms with E-state index in [1.54, 1.807) is 6.07 Å². The number of nitrogens with zero attached hydrogens (tertiary/aromatic N) is 1. The minimum Gasteiger partial charge on any atom is -0.352 e. The molecule has 0 atom stereocenters. The summed E-state index contributed by atoms with van der Waals surface area (Å²) in [5.74, 6) is -0.201. The number of halogens is 2. The van der Waals surface area contributed by atoms with Crippen LogP contribution in [0.3, 0.4) is 0 Å². The van der Waals surface area contributed by atoms with E-state index in [2.05, 4.69) is 32.5 Å². The summed E-state index contributed by atoms with van der Waals surface area (Å²) in [6, 6.07) is 9.16. The number of pyridine rings is 1. The van der Waals surface area contributed by atoms with Crippen molar-refractivity contribution < 1.29 is 13.2 Å². The van der Waals surface area contributed by atoms with Crippen LogP contribution in [-0.4, -0.2) is 25.9 Å². The molecule has 0 unspecified atom stereocenters. The zero-order chi connectivity index (χ0) is 17.7. The first-order valence-electron chi connectivity index (χ1n) is 8.02. The molecule has 2 heterocycles. The van der Waals surface area contributed by atoms with Crippen LogP contribution in [0.2, 0.25) is 0 Å². The third-order valence-corrected chi connectivity index (χ3v) is 5.43. The molecule has 7 nitrogen and oxygen atoms in total. The van der Waals surface area contributed by atoms with Gasteiger partial charge in [0.2, 0.25) is 15.9 Å². The van der Waals surface area contributed by atoms with Gasteiger partial charge >= 0.3 is 0 Å². The monoisotopic (exact) mass is 432 g/mol. The van der Waals surface area contributed by atoms with Crippen molar-refractivity contribution >= 4 is 40.7 Å². The molecule has 3 N–H and O–H groups in total. The molecule has 0 aliphatic carbocycles. The van der Waals surface area contributed by atoms with Crippen LogP contribution >= 0.6 is 24.8 Å². The van der Waals surface area contributed by atoms with Crippen LogP contribution in [0.15, 0.2) is 47.6 Å². The van der Waals surface area contributed by atoms with Crippen molar-refractivity contribution in [3.63, 3.8) is 0 Å². The number of rotatable bonds is 7. The van der Waals surface area contributed by atoms with Gasteiger partial charge in [-0.15, -0.1) is 24.8 Å². The van der Waals surface area contributed by atoms with Crippen LogP contribution in [0.4, 0.5) is 0 Å². The molecule has 1 aromatic carbocycles. The second-order valence-corrected chi connectivity index (χ2v) is 7.59. The molecule has 3 rings (SSSR count). The highest BCUT2D eigenvalue weighted by molar-refractivity contribution is 7.89. The molecule has 10 heteroatoms. The Morgan fingerprint density at radius 2 is 1.93 bits per heavy atom. The van der Waals surface area contributed by atoms with E-state index in [4.69, 9.17) is 0 Å². The lowest BCUT2D eigenvalue weighted by Gasteiger charge is -2.08. The lowest BCUT2D eigenvalue weighted by molar-refractivity contribution is -0.121. The van der Waals surface area contributed by atoms with Crippen molar-refractivity contribution in [2.45, 2.75) is 31.0 Å². The maximum absolute atomic E-state index is 12.0. The van der Waals surface area contributed by atoms with Crippen molar-refractivity contribution in [2.24, 2.45) is 0 Å². The number of nitrogens with one attached hydrogen (secondary N) is 3. The predicted molar refractivity (Wildman–Crippen MR) is 107 cm³/mol. The summed E-state index contributed by atoms with van der Waals surface area (Å²) < 4.78 is 26.4. The van der Waals surface area contributed by atoms with Crippen molar-refractivity contribution in [1.29, 1.82) is 0 Å². The Balaban J connectivity index is 0.00000182. The van der Waals surface area contributed by atoms with Crippen molar-refractivity contribution in [3.8, 4) is 0 Å². The molecule has 1 aliphatic heterocycles. The van der Waals surface area contributed by atoms with Crippen molar-refractivity contribution in [1.82, 2.24) is 20.3 Å². The minimum atomic E-state index is -3.63. The zero-order valence-electron chi connectivity index (χ0n) is 14.5. The highest BCUT2D eigenvalue weighted by atomic mass is 35.5. The van der Waals surface area contributed by atoms with Gasteiger partial charge in [0.15, 0.2) is 0 Å². The summed E-state index contributed by atoms with van der Waals surface area (Å²) in [5.41, 5.74) is 3.59. The number of fused-ring (bicyclic) bond motifs is 1. The van der Waals surface area contributed by atoms with Gasteiger partial charge in [-0.3, -0.25) is 9.78 Å². The van der Waals surface area contributed by atoms with E-state index < -0.39 is 10.0 Å². The van der Waals surface area contributed by atoms with E-state index >= 15 is 0 Å². The van der Waals surface area contributed by atoms with Crippen LogP contribution in [0.25, 0.3) is 0 Å². The molecule has 0 saturated heterocycles. The quantitative estimate of drug-likeness (QED) is 0.615. The standard InChI is InChI=1S/C17H20N4O3S.2ClH/c22-17(5-7-21-25(23,24)16-2-1-6-18-12-16)20-9-13-3-4-14-10-19-11-15(14)8-13;;/h1-4,6,8,12,19,21H,5,7,9-11H2,(H,20,22);2*1H. The van der Waals surface area contributed by atoms with E-state index in [9.17, 15) is 13.2 Å². The Bertz CT molecular complexity index is 864. The van der Waals surface area contributed by atoms with E-state index in [1.165, 1.54) is 29.6 Å². The van der Waals surface area contributed by atoms with E-state index in [0.717, 1.165) is 18.7 Å². The smallest absolute Gasteiger partial charge is 0.242 e. The van der Waals surface area contributed by atoms with Gasteiger partial charge in [-0.05, 0) is 28.8 Å². The highest BCUT2D eigenvalue weighted by Gasteiger charge is 2.14. The topological polar surface area (TPSA) is 100 Å². The Morgan fingerprint density at radius 1 is 1.15 bits per heavy atom. The number of hydrogen-bond donors (Lipinski definition) is 3. The maximum atomic E-state index is 12.0. The fraction of sp³-hybridized carbons (Fsp3) is 0.294. The summed E-state index contributed by atoms with van der Waals surface area (Å²) in [7, 11) is -3.63. The van der Waals surface area contributed by atoms with Gasteiger partial charge in [0.05, 0.1) is 0 Å². The summed E-state index contributed by atoms with van der Waals surface area (Å²) in [5, 5.41) is 6.09. The first kappa shape index (κ1) is 23.3. The number of carbonyl (C=O) groups is 1. The number of sulfonamides is 1. The van der Waals surface area contributed by atoms with Crippen molar-refractivity contribution in [2.75, 3.05) is 6.54 Å². The fourth-order valence-electron chi connectivity index (χ4n) is 2.64. The number of hydrogen-bond acceptors (Lipinski definition) is 5.